The van der Waals surface area contributed by atoms with Gasteiger partial charge in [-0.05, 0) is 24.4 Å². The predicted octanol–water partition coefficient (Wildman–Crippen LogP) is 1.56. The first-order valence-electron chi connectivity index (χ1n) is 5.91. The molecule has 0 aliphatic heterocycles. The molecular weight excluding hydrogens is 250 g/mol. The smallest absolute Gasteiger partial charge is 0.251 e. The number of primary amides is 1. The van der Waals surface area contributed by atoms with Crippen LogP contribution in [0.3, 0.4) is 0 Å². The summed E-state index contributed by atoms with van der Waals surface area (Å²) in [6, 6.07) is 2.04. The van der Waals surface area contributed by atoms with Gasteiger partial charge in [-0.15, -0.1) is 11.3 Å². The molecule has 2 amide bonds. The van der Waals surface area contributed by atoms with Crippen LogP contribution in [0.1, 0.15) is 37.0 Å². The lowest BCUT2D eigenvalue weighted by atomic mass is 10.2. The van der Waals surface area contributed by atoms with Crippen LogP contribution < -0.4 is 16.4 Å². The van der Waals surface area contributed by atoms with E-state index in [1.807, 2.05) is 0 Å². The molecule has 0 aliphatic rings. The van der Waals surface area contributed by atoms with Crippen LogP contribution in [0.15, 0.2) is 11.4 Å². The number of rotatable bonds is 7. The zero-order valence-corrected chi connectivity index (χ0v) is 11.5. The van der Waals surface area contributed by atoms with Crippen molar-refractivity contribution in [2.24, 2.45) is 5.73 Å². The van der Waals surface area contributed by atoms with Gasteiger partial charge in [-0.2, -0.15) is 0 Å². The third-order valence-corrected chi connectivity index (χ3v) is 3.15. The average Bonchev–Trinajstić information content (AvgIpc) is 2.72. The summed E-state index contributed by atoms with van der Waals surface area (Å²) in [6.07, 6.45) is 1.19. The summed E-state index contributed by atoms with van der Waals surface area (Å²) in [5.41, 5.74) is 5.57. The molecule has 0 unspecified atom stereocenters. The van der Waals surface area contributed by atoms with Gasteiger partial charge in [-0.25, -0.2) is 0 Å². The minimum Gasteiger partial charge on any atom is -0.366 e. The Labute approximate surface area is 111 Å². The normalized spacial score (nSPS) is 10.6. The highest BCUT2D eigenvalue weighted by atomic mass is 32.1. The number of thiophene rings is 1. The Kier molecular flexibility index (Phi) is 5.80. The number of nitrogens with two attached hydrogens (primary N) is 1. The van der Waals surface area contributed by atoms with E-state index in [0.29, 0.717) is 23.0 Å². The predicted molar refractivity (Wildman–Crippen MR) is 73.8 cm³/mol. The summed E-state index contributed by atoms with van der Waals surface area (Å²) >= 11 is 1.30. The molecule has 1 heterocycles. The van der Waals surface area contributed by atoms with E-state index in [-0.39, 0.29) is 5.91 Å². The Morgan fingerprint density at radius 1 is 1.44 bits per heavy atom. The lowest BCUT2D eigenvalue weighted by molar-refractivity contribution is -0.116. The number of hydrogen-bond acceptors (Lipinski definition) is 4. The number of nitrogens with one attached hydrogen (secondary N) is 2. The summed E-state index contributed by atoms with van der Waals surface area (Å²) in [5.74, 6) is -0.612. The highest BCUT2D eigenvalue weighted by molar-refractivity contribution is 7.14. The van der Waals surface area contributed by atoms with Crippen LogP contribution in [0.25, 0.3) is 0 Å². The van der Waals surface area contributed by atoms with Crippen LogP contribution in [0.4, 0.5) is 5.00 Å². The van der Waals surface area contributed by atoms with Gasteiger partial charge in [0.1, 0.15) is 5.00 Å². The van der Waals surface area contributed by atoms with E-state index in [1.54, 1.807) is 11.4 Å². The van der Waals surface area contributed by atoms with Crippen molar-refractivity contribution in [3.05, 3.63) is 17.0 Å². The molecule has 1 aromatic rings. The Hall–Kier alpha value is -1.40. The van der Waals surface area contributed by atoms with Crippen molar-refractivity contribution in [2.45, 2.75) is 32.7 Å². The van der Waals surface area contributed by atoms with E-state index >= 15 is 0 Å². The Morgan fingerprint density at radius 2 is 2.17 bits per heavy atom. The van der Waals surface area contributed by atoms with Crippen molar-refractivity contribution in [2.75, 3.05) is 11.9 Å². The summed E-state index contributed by atoms with van der Waals surface area (Å²) in [7, 11) is 0. The summed E-state index contributed by atoms with van der Waals surface area (Å²) in [5, 5.41) is 8.21. The number of carbonyl (C=O) groups is 2. The standard InChI is InChI=1S/C12H19N3O2S/c1-8(2)14-6-3-4-10(16)15-12-9(11(13)17)5-7-18-12/h5,7-8,14H,3-4,6H2,1-2H3,(H2,13,17)(H,15,16). The maximum Gasteiger partial charge on any atom is 0.251 e. The number of hydrogen-bond donors (Lipinski definition) is 3. The molecule has 4 N–H and O–H groups in total. The van der Waals surface area contributed by atoms with Gasteiger partial charge in [0.2, 0.25) is 5.91 Å². The molecule has 6 heteroatoms. The molecule has 0 aromatic carbocycles. The monoisotopic (exact) mass is 269 g/mol. The zero-order valence-electron chi connectivity index (χ0n) is 10.7. The maximum atomic E-state index is 11.6. The van der Waals surface area contributed by atoms with Crippen LogP contribution in [-0.4, -0.2) is 24.4 Å². The van der Waals surface area contributed by atoms with E-state index in [2.05, 4.69) is 24.5 Å². The van der Waals surface area contributed by atoms with Gasteiger partial charge in [-0.1, -0.05) is 13.8 Å². The minimum absolute atomic E-state index is 0.0921. The zero-order chi connectivity index (χ0) is 13.5. The Morgan fingerprint density at radius 3 is 2.78 bits per heavy atom. The molecule has 0 atom stereocenters. The molecule has 0 aliphatic carbocycles. The van der Waals surface area contributed by atoms with Crippen LogP contribution in [0, 0.1) is 0 Å². The molecule has 5 nitrogen and oxygen atoms in total. The molecule has 1 rings (SSSR count). The van der Waals surface area contributed by atoms with Gasteiger partial charge in [-0.3, -0.25) is 9.59 Å². The second-order valence-corrected chi connectivity index (χ2v) is 5.20. The quantitative estimate of drug-likeness (QED) is 0.657. The fourth-order valence-corrected chi connectivity index (χ4v) is 2.24. The number of amides is 2. The lowest BCUT2D eigenvalue weighted by Crippen LogP contribution is -2.25. The SMILES string of the molecule is CC(C)NCCCC(=O)Nc1sccc1C(N)=O. The van der Waals surface area contributed by atoms with Crippen LogP contribution in [0.5, 0.6) is 0 Å². The van der Waals surface area contributed by atoms with E-state index in [4.69, 9.17) is 5.73 Å². The topological polar surface area (TPSA) is 84.2 Å². The third kappa shape index (κ3) is 4.85. The van der Waals surface area contributed by atoms with Gasteiger partial charge in [0.25, 0.3) is 5.91 Å². The molecule has 0 spiro atoms. The first kappa shape index (κ1) is 14.7. The fourth-order valence-electron chi connectivity index (χ4n) is 1.43. The molecule has 18 heavy (non-hydrogen) atoms. The van der Waals surface area contributed by atoms with Crippen molar-refractivity contribution < 1.29 is 9.59 Å². The number of anilines is 1. The second kappa shape index (κ2) is 7.13. The van der Waals surface area contributed by atoms with Crippen molar-refractivity contribution in [3.8, 4) is 0 Å². The van der Waals surface area contributed by atoms with Crippen molar-refractivity contribution in [1.29, 1.82) is 0 Å². The lowest BCUT2D eigenvalue weighted by Gasteiger charge is -2.08. The van der Waals surface area contributed by atoms with Crippen molar-refractivity contribution in [3.63, 3.8) is 0 Å². The highest BCUT2D eigenvalue weighted by Crippen LogP contribution is 2.22. The van der Waals surface area contributed by atoms with E-state index in [9.17, 15) is 9.59 Å². The summed E-state index contributed by atoms with van der Waals surface area (Å²) in [6.45, 7) is 4.92. The van der Waals surface area contributed by atoms with Gasteiger partial charge in [0.15, 0.2) is 0 Å². The summed E-state index contributed by atoms with van der Waals surface area (Å²) < 4.78 is 0. The van der Waals surface area contributed by atoms with Gasteiger partial charge in [0.05, 0.1) is 5.56 Å². The van der Waals surface area contributed by atoms with E-state index in [1.165, 1.54) is 11.3 Å². The first-order valence-corrected chi connectivity index (χ1v) is 6.79. The summed E-state index contributed by atoms with van der Waals surface area (Å²) in [4.78, 5) is 22.7. The van der Waals surface area contributed by atoms with Gasteiger partial charge >= 0.3 is 0 Å². The molecule has 0 saturated carbocycles. The van der Waals surface area contributed by atoms with E-state index in [0.717, 1.165) is 13.0 Å². The van der Waals surface area contributed by atoms with E-state index < -0.39 is 5.91 Å². The van der Waals surface area contributed by atoms with Gasteiger partial charge in [0, 0.05) is 12.5 Å². The molecule has 100 valence electrons. The van der Waals surface area contributed by atoms with Gasteiger partial charge < -0.3 is 16.4 Å². The second-order valence-electron chi connectivity index (χ2n) is 4.29. The van der Waals surface area contributed by atoms with Crippen molar-refractivity contribution >= 4 is 28.2 Å². The number of carbonyl (C=O) groups excluding carboxylic acids is 2. The van der Waals surface area contributed by atoms with Crippen LogP contribution in [0.2, 0.25) is 0 Å². The highest BCUT2D eigenvalue weighted by Gasteiger charge is 2.11. The first-order chi connectivity index (χ1) is 8.50. The molecular formula is C12H19N3O2S. The van der Waals surface area contributed by atoms with Crippen molar-refractivity contribution in [1.82, 2.24) is 5.32 Å². The largest absolute Gasteiger partial charge is 0.366 e. The third-order valence-electron chi connectivity index (χ3n) is 2.32. The molecule has 0 radical (unpaired) electrons. The molecule has 0 bridgehead atoms. The molecule has 0 saturated heterocycles. The minimum atomic E-state index is -0.520. The fraction of sp³-hybridized carbons (Fsp3) is 0.500. The Balaban J connectivity index is 2.36. The molecule has 1 aromatic heterocycles. The van der Waals surface area contributed by atoms with Crippen LogP contribution >= 0.6 is 11.3 Å². The Bertz CT molecular complexity index is 415. The average molecular weight is 269 g/mol. The molecule has 0 fully saturated rings. The maximum absolute atomic E-state index is 11.6. The van der Waals surface area contributed by atoms with Crippen LogP contribution in [-0.2, 0) is 4.79 Å².